The van der Waals surface area contributed by atoms with Crippen molar-refractivity contribution in [2.45, 2.75) is 51.9 Å². The van der Waals surface area contributed by atoms with Crippen LogP contribution in [0.3, 0.4) is 0 Å². The third kappa shape index (κ3) is 5.70. The van der Waals surface area contributed by atoms with Crippen LogP contribution in [-0.4, -0.2) is 51.1 Å². The Kier molecular flexibility index (Phi) is 7.59. The van der Waals surface area contributed by atoms with Crippen molar-refractivity contribution in [3.05, 3.63) is 77.9 Å². The molecule has 0 bridgehead atoms. The maximum atomic E-state index is 14.1. The van der Waals surface area contributed by atoms with Crippen molar-refractivity contribution in [2.24, 2.45) is 0 Å². The maximum absolute atomic E-state index is 14.1. The van der Waals surface area contributed by atoms with E-state index in [1.807, 2.05) is 75.4 Å². The Morgan fingerprint density at radius 1 is 1.07 bits per heavy atom. The second-order valence-corrected chi connectivity index (χ2v) is 10.3. The molecule has 2 amide bonds. The van der Waals surface area contributed by atoms with Gasteiger partial charge in [-0.15, -0.1) is 5.10 Å². The number of ether oxygens (including phenoxy) is 3. The van der Waals surface area contributed by atoms with E-state index >= 15 is 0 Å². The Morgan fingerprint density at radius 3 is 2.58 bits per heavy atom. The molecule has 1 aromatic heterocycles. The molecule has 5 rings (SSSR count). The third-order valence-electron chi connectivity index (χ3n) is 7.15. The lowest BCUT2D eigenvalue weighted by molar-refractivity contribution is -0.143. The predicted octanol–water partition coefficient (Wildman–Crippen LogP) is 4.24. The van der Waals surface area contributed by atoms with Crippen molar-refractivity contribution in [2.75, 3.05) is 13.9 Å². The van der Waals surface area contributed by atoms with Crippen molar-refractivity contribution < 1.29 is 23.8 Å². The van der Waals surface area contributed by atoms with Crippen LogP contribution in [0.15, 0.2) is 66.7 Å². The van der Waals surface area contributed by atoms with Gasteiger partial charge in [-0.05, 0) is 67.8 Å². The highest BCUT2D eigenvalue weighted by Crippen LogP contribution is 2.34. The molecule has 0 spiro atoms. The van der Waals surface area contributed by atoms with Gasteiger partial charge in [0.25, 0.3) is 0 Å². The van der Waals surface area contributed by atoms with Gasteiger partial charge in [0.15, 0.2) is 11.5 Å². The normalized spacial score (nSPS) is 13.2. The number of nitrogens with one attached hydrogen (secondary N) is 1. The third-order valence-corrected chi connectivity index (χ3v) is 7.15. The van der Waals surface area contributed by atoms with Gasteiger partial charge in [-0.25, -0.2) is 4.68 Å². The van der Waals surface area contributed by atoms with E-state index in [9.17, 15) is 9.59 Å². The summed E-state index contributed by atoms with van der Waals surface area (Å²) in [5.41, 5.74) is 2.39. The van der Waals surface area contributed by atoms with Crippen LogP contribution in [0.25, 0.3) is 11.0 Å². The van der Waals surface area contributed by atoms with E-state index in [0.29, 0.717) is 28.3 Å². The predicted molar refractivity (Wildman–Crippen MR) is 149 cm³/mol. The molecule has 3 aromatic carbocycles. The van der Waals surface area contributed by atoms with Gasteiger partial charge in [0.1, 0.15) is 23.9 Å². The molecule has 0 radical (unpaired) electrons. The summed E-state index contributed by atoms with van der Waals surface area (Å²) in [6.07, 6.45) is 0.717. The Labute approximate surface area is 232 Å². The number of carbonyl (C=O) groups excluding carboxylic acids is 2. The fourth-order valence-electron chi connectivity index (χ4n) is 4.56. The van der Waals surface area contributed by atoms with Crippen molar-refractivity contribution in [3.63, 3.8) is 0 Å². The zero-order valence-corrected chi connectivity index (χ0v) is 23.1. The molecule has 208 valence electrons. The largest absolute Gasteiger partial charge is 0.497 e. The summed E-state index contributed by atoms with van der Waals surface area (Å²) in [5.74, 6) is 1.32. The molecule has 4 aromatic rings. The summed E-state index contributed by atoms with van der Waals surface area (Å²) in [6, 6.07) is 19.2. The summed E-state index contributed by atoms with van der Waals surface area (Å²) in [4.78, 5) is 29.7. The molecule has 40 heavy (non-hydrogen) atoms. The molecule has 1 aliphatic rings. The Bertz CT molecular complexity index is 1510. The van der Waals surface area contributed by atoms with Crippen molar-refractivity contribution in [1.29, 1.82) is 0 Å². The van der Waals surface area contributed by atoms with E-state index < -0.39 is 11.6 Å². The molecule has 0 aliphatic carbocycles. The van der Waals surface area contributed by atoms with Crippen LogP contribution < -0.4 is 19.5 Å². The van der Waals surface area contributed by atoms with Gasteiger partial charge in [0, 0.05) is 12.1 Å². The van der Waals surface area contributed by atoms with Crippen LogP contribution >= 0.6 is 0 Å². The summed E-state index contributed by atoms with van der Waals surface area (Å²) in [5, 5.41) is 11.5. The van der Waals surface area contributed by atoms with Crippen LogP contribution in [0.2, 0.25) is 0 Å². The molecule has 1 aliphatic heterocycles. The second kappa shape index (κ2) is 11.3. The van der Waals surface area contributed by atoms with Gasteiger partial charge in [0.2, 0.25) is 18.6 Å². The van der Waals surface area contributed by atoms with E-state index in [4.69, 9.17) is 14.2 Å². The fourth-order valence-corrected chi connectivity index (χ4v) is 4.56. The molecule has 0 saturated carbocycles. The fraction of sp³-hybridized carbons (Fsp3) is 0.333. The van der Waals surface area contributed by atoms with Crippen molar-refractivity contribution >= 4 is 22.8 Å². The molecule has 1 N–H and O–H groups in total. The van der Waals surface area contributed by atoms with Crippen LogP contribution in [0.5, 0.6) is 17.2 Å². The molecule has 0 saturated heterocycles. The van der Waals surface area contributed by atoms with E-state index in [2.05, 4.69) is 15.6 Å². The number of aromatic nitrogens is 3. The monoisotopic (exact) mass is 543 g/mol. The van der Waals surface area contributed by atoms with Crippen LogP contribution in [0, 0.1) is 0 Å². The average molecular weight is 544 g/mol. The lowest BCUT2D eigenvalue weighted by atomic mass is 9.98. The molecular weight excluding hydrogens is 510 g/mol. The topological polar surface area (TPSA) is 108 Å². The summed E-state index contributed by atoms with van der Waals surface area (Å²) in [7, 11) is 1.58. The molecule has 1 unspecified atom stereocenters. The standard InChI is InChI=1S/C30H33N5O5/c1-5-30(2,3)31-29(37)28(21-11-13-22(38-4)14-12-21)34(17-20-10-15-25-26(16-20)40-19-39-25)27(36)18-35-24-9-7-6-8-23(24)32-33-35/h6-16,28H,5,17-19H2,1-4H3,(H,31,37). The molecule has 10 nitrogen and oxygen atoms in total. The minimum absolute atomic E-state index is 0.0951. The summed E-state index contributed by atoms with van der Waals surface area (Å²) >= 11 is 0. The highest BCUT2D eigenvalue weighted by atomic mass is 16.7. The SMILES string of the molecule is CCC(C)(C)NC(=O)C(c1ccc(OC)cc1)N(Cc1ccc2c(c1)OCO2)C(=O)Cn1nnc2ccccc21. The molecule has 10 heteroatoms. The number of hydrogen-bond acceptors (Lipinski definition) is 7. The van der Waals surface area contributed by atoms with Gasteiger partial charge in [0.05, 0.1) is 12.6 Å². The second-order valence-electron chi connectivity index (χ2n) is 10.3. The number of carbonyl (C=O) groups is 2. The number of fused-ring (bicyclic) bond motifs is 2. The first-order valence-corrected chi connectivity index (χ1v) is 13.2. The zero-order chi connectivity index (χ0) is 28.3. The summed E-state index contributed by atoms with van der Waals surface area (Å²) < 4.78 is 17.9. The van der Waals surface area contributed by atoms with Crippen molar-refractivity contribution in [3.8, 4) is 17.2 Å². The molecule has 0 fully saturated rings. The first kappa shape index (κ1) is 27.0. The number of benzene rings is 3. The van der Waals surface area contributed by atoms with Gasteiger partial charge in [-0.2, -0.15) is 0 Å². The molecule has 1 atom stereocenters. The van der Waals surface area contributed by atoms with E-state index in [1.54, 1.807) is 28.8 Å². The first-order chi connectivity index (χ1) is 19.3. The number of hydrogen-bond donors (Lipinski definition) is 1. The van der Waals surface area contributed by atoms with Gasteiger partial charge >= 0.3 is 0 Å². The number of methoxy groups -OCH3 is 1. The summed E-state index contributed by atoms with van der Waals surface area (Å²) in [6.45, 7) is 6.13. The number of rotatable bonds is 10. The minimum Gasteiger partial charge on any atom is -0.497 e. The highest BCUT2D eigenvalue weighted by molar-refractivity contribution is 5.89. The van der Waals surface area contributed by atoms with Gasteiger partial charge in [-0.3, -0.25) is 9.59 Å². The van der Waals surface area contributed by atoms with Crippen molar-refractivity contribution in [1.82, 2.24) is 25.2 Å². The molecular formula is C30H33N5O5. The number of nitrogens with zero attached hydrogens (tertiary/aromatic N) is 4. The number of amides is 2. The Balaban J connectivity index is 1.56. The van der Waals surface area contributed by atoms with E-state index in [1.165, 1.54) is 0 Å². The Hall–Kier alpha value is -4.60. The smallest absolute Gasteiger partial charge is 0.247 e. The lowest BCUT2D eigenvalue weighted by Crippen LogP contribution is -2.50. The van der Waals surface area contributed by atoms with Crippen LogP contribution in [0.1, 0.15) is 44.4 Å². The molecule has 2 heterocycles. The van der Waals surface area contributed by atoms with E-state index in [-0.39, 0.29) is 31.7 Å². The minimum atomic E-state index is -0.926. The van der Waals surface area contributed by atoms with Crippen LogP contribution in [0.4, 0.5) is 0 Å². The van der Waals surface area contributed by atoms with Gasteiger partial charge < -0.3 is 24.4 Å². The maximum Gasteiger partial charge on any atom is 0.247 e. The Morgan fingerprint density at radius 2 is 1.82 bits per heavy atom. The first-order valence-electron chi connectivity index (χ1n) is 13.2. The van der Waals surface area contributed by atoms with Crippen LogP contribution in [-0.2, 0) is 22.7 Å². The average Bonchev–Trinajstić information content (AvgIpc) is 3.59. The van der Waals surface area contributed by atoms with Gasteiger partial charge in [-0.1, -0.05) is 42.5 Å². The zero-order valence-electron chi connectivity index (χ0n) is 23.1. The number of para-hydroxylation sites is 1. The lowest BCUT2D eigenvalue weighted by Gasteiger charge is -2.34. The van der Waals surface area contributed by atoms with E-state index in [0.717, 1.165) is 17.5 Å². The highest BCUT2D eigenvalue weighted by Gasteiger charge is 2.34. The quantitative estimate of drug-likeness (QED) is 0.319.